The van der Waals surface area contributed by atoms with Crippen molar-refractivity contribution in [3.8, 4) is 6.07 Å². The summed E-state index contributed by atoms with van der Waals surface area (Å²) in [5.41, 5.74) is -1.78. The lowest BCUT2D eigenvalue weighted by Gasteiger charge is -2.40. The molecule has 21 heteroatoms. The summed E-state index contributed by atoms with van der Waals surface area (Å²) in [7, 11) is -4.64. The second-order valence-corrected chi connectivity index (χ2v) is 15.0. The molecule has 3 unspecified atom stereocenters. The number of nitrogens with zero attached hydrogens (tertiary/aromatic N) is 4. The second kappa shape index (κ2) is 20.1. The molecule has 0 aliphatic carbocycles. The summed E-state index contributed by atoms with van der Waals surface area (Å²) in [6, 6.07) is 8.64. The average molecular weight is 825 g/mol. The van der Waals surface area contributed by atoms with Gasteiger partial charge in [0.05, 0.1) is 43.1 Å². The lowest BCUT2D eigenvalue weighted by atomic mass is 9.89. The highest BCUT2D eigenvalue weighted by molar-refractivity contribution is 8.00. The van der Waals surface area contributed by atoms with E-state index in [0.29, 0.717) is 6.07 Å². The van der Waals surface area contributed by atoms with Crippen molar-refractivity contribution < 1.29 is 68.9 Å². The Labute approximate surface area is 322 Å². The molecular weight excluding hydrogens is 790 g/mol. The average Bonchev–Trinajstić information content (AvgIpc) is 3.63. The van der Waals surface area contributed by atoms with Crippen LogP contribution in [-0.4, -0.2) is 94.5 Å². The maximum atomic E-state index is 15.7. The van der Waals surface area contributed by atoms with Crippen LogP contribution in [-0.2, 0) is 60.3 Å². The van der Waals surface area contributed by atoms with Gasteiger partial charge >= 0.3 is 18.1 Å². The third-order valence-electron chi connectivity index (χ3n) is 7.68. The third-order valence-corrected chi connectivity index (χ3v) is 9.72. The van der Waals surface area contributed by atoms with Crippen molar-refractivity contribution in [2.24, 2.45) is 0 Å². The number of aromatic nitrogens is 3. The molecule has 0 saturated carbocycles. The molecule has 1 aliphatic heterocycles. The van der Waals surface area contributed by atoms with E-state index in [1.165, 1.54) is 47.3 Å². The summed E-state index contributed by atoms with van der Waals surface area (Å²) in [4.78, 5) is 40.9. The van der Waals surface area contributed by atoms with Crippen molar-refractivity contribution in [1.82, 2.24) is 14.8 Å². The van der Waals surface area contributed by atoms with E-state index in [0.717, 1.165) is 25.1 Å². The lowest BCUT2D eigenvalue weighted by Crippen LogP contribution is -2.47. The summed E-state index contributed by atoms with van der Waals surface area (Å²) in [6.45, 7) is 2.03. The van der Waals surface area contributed by atoms with Gasteiger partial charge in [-0.25, -0.2) is 27.6 Å². The summed E-state index contributed by atoms with van der Waals surface area (Å²) in [5.74, 6) is -6.20. The van der Waals surface area contributed by atoms with Crippen LogP contribution in [0.2, 0.25) is 0 Å². The highest BCUT2D eigenvalue weighted by atomic mass is 32.2. The Kier molecular flexibility index (Phi) is 15.6. The second-order valence-electron chi connectivity index (χ2n) is 11.9. The molecule has 3 aromatic rings. The molecule has 1 N–H and O–H groups in total. The number of nitriles is 1. The first-order valence-electron chi connectivity index (χ1n) is 16.5. The van der Waals surface area contributed by atoms with Gasteiger partial charge in [-0.15, -0.1) is 11.8 Å². The minimum absolute atomic E-state index is 0.117. The van der Waals surface area contributed by atoms with Gasteiger partial charge in [0.1, 0.15) is 36.7 Å². The van der Waals surface area contributed by atoms with Crippen molar-refractivity contribution in [3.05, 3.63) is 101 Å². The Bertz CT molecular complexity index is 2060. The standard InChI is InChI=1S/C35H35F3N4O12S2/c1-22(55-27-16-50-33(51-17-27)6-4-3-5-25-8-7-24(15-39)13-29(25)37)35(19-42-21-40-20-41-42,28-10-9-26(36)14-30(28)38)54-34(45)53-23(2)52-31(43)11-12-49-32(44)18-56(46,47)48/h3-10,13-14,20-23,27,33H,11-12,16-19H2,1-2H3,(H,46,47,48). The van der Waals surface area contributed by atoms with Crippen LogP contribution in [0.15, 0.2) is 67.3 Å². The van der Waals surface area contributed by atoms with Crippen LogP contribution in [0.1, 0.15) is 37.0 Å². The molecule has 300 valence electrons. The molecule has 16 nitrogen and oxygen atoms in total. The molecule has 1 saturated heterocycles. The molecule has 0 radical (unpaired) electrons. The van der Waals surface area contributed by atoms with Gasteiger partial charge in [-0.3, -0.25) is 14.1 Å². The van der Waals surface area contributed by atoms with Crippen molar-refractivity contribution in [2.75, 3.05) is 25.6 Å². The molecule has 0 bridgehead atoms. The Morgan fingerprint density at radius 3 is 2.48 bits per heavy atom. The van der Waals surface area contributed by atoms with Crippen molar-refractivity contribution in [2.45, 2.75) is 55.5 Å². The summed E-state index contributed by atoms with van der Waals surface area (Å²) < 4.78 is 108. The number of benzene rings is 2. The highest BCUT2D eigenvalue weighted by Gasteiger charge is 2.47. The summed E-state index contributed by atoms with van der Waals surface area (Å²) in [5, 5.41) is 11.7. The Morgan fingerprint density at radius 2 is 1.84 bits per heavy atom. The normalized spacial score (nSPS) is 18.1. The Balaban J connectivity index is 1.44. The maximum absolute atomic E-state index is 15.7. The zero-order chi connectivity index (χ0) is 40.9. The molecule has 4 rings (SSSR count). The van der Waals surface area contributed by atoms with Gasteiger partial charge in [-0.1, -0.05) is 24.3 Å². The number of halogens is 3. The van der Waals surface area contributed by atoms with Gasteiger partial charge < -0.3 is 28.4 Å². The molecule has 1 fully saturated rings. The van der Waals surface area contributed by atoms with Gasteiger partial charge in [0, 0.05) is 29.4 Å². The van der Waals surface area contributed by atoms with E-state index in [9.17, 15) is 31.6 Å². The molecule has 1 aliphatic rings. The van der Waals surface area contributed by atoms with E-state index in [1.807, 2.05) is 6.07 Å². The van der Waals surface area contributed by atoms with Crippen molar-refractivity contribution in [3.63, 3.8) is 0 Å². The predicted octanol–water partition coefficient (Wildman–Crippen LogP) is 4.46. The first-order chi connectivity index (χ1) is 26.6. The summed E-state index contributed by atoms with van der Waals surface area (Å²) >= 11 is 1.19. The van der Waals surface area contributed by atoms with E-state index in [-0.39, 0.29) is 36.4 Å². The molecule has 2 aromatic carbocycles. The molecule has 2 heterocycles. The zero-order valence-electron chi connectivity index (χ0n) is 29.7. The topological polar surface area (TPSA) is 215 Å². The number of ether oxygens (including phenoxy) is 6. The fourth-order valence-corrected chi connectivity index (χ4v) is 6.88. The molecule has 0 amide bonds. The molecule has 1 aromatic heterocycles. The number of hydrogen-bond acceptors (Lipinski definition) is 15. The number of carbonyl (C=O) groups is 3. The van der Waals surface area contributed by atoms with Crippen molar-refractivity contribution >= 4 is 46.1 Å². The number of rotatable bonds is 17. The molecular formula is C35H35F3N4O12S2. The SMILES string of the molecule is CC(OC(=O)CCOC(=O)CS(=O)(=O)O)OC(=O)OC(Cn1cncn1)(c1ccc(F)cc1F)C(C)SC1COC(C=CC=Cc2ccc(C#N)cc2F)OC1. The van der Waals surface area contributed by atoms with Crippen LogP contribution >= 0.6 is 11.8 Å². The number of hydrogen-bond donors (Lipinski definition) is 1. The minimum atomic E-state index is -4.64. The molecule has 0 spiro atoms. The lowest BCUT2D eigenvalue weighted by molar-refractivity contribution is -0.173. The van der Waals surface area contributed by atoms with Crippen LogP contribution in [0.25, 0.3) is 6.08 Å². The van der Waals surface area contributed by atoms with Gasteiger partial charge in [-0.05, 0) is 37.3 Å². The van der Waals surface area contributed by atoms with Crippen molar-refractivity contribution in [1.29, 1.82) is 5.26 Å². The smallest absolute Gasteiger partial charge is 0.464 e. The molecule has 56 heavy (non-hydrogen) atoms. The van der Waals surface area contributed by atoms with Gasteiger partial charge in [0.15, 0.2) is 17.6 Å². The Hall–Kier alpha value is -5.27. The van der Waals surface area contributed by atoms with Crippen LogP contribution in [0.3, 0.4) is 0 Å². The van der Waals surface area contributed by atoms with Crippen LogP contribution in [0, 0.1) is 28.8 Å². The summed E-state index contributed by atoms with van der Waals surface area (Å²) in [6.07, 6.45) is 4.35. The van der Waals surface area contributed by atoms with E-state index in [1.54, 1.807) is 25.2 Å². The van der Waals surface area contributed by atoms with Crippen LogP contribution < -0.4 is 0 Å². The number of allylic oxidation sites excluding steroid dienone is 2. The fourth-order valence-electron chi connectivity index (χ4n) is 5.14. The fraction of sp³-hybridized carbons (Fsp3) is 0.371. The zero-order valence-corrected chi connectivity index (χ0v) is 31.3. The predicted molar refractivity (Wildman–Crippen MR) is 189 cm³/mol. The van der Waals surface area contributed by atoms with Crippen LogP contribution in [0.5, 0.6) is 0 Å². The number of thioether (sulfide) groups is 1. The van der Waals surface area contributed by atoms with E-state index in [4.69, 9.17) is 33.5 Å². The van der Waals surface area contributed by atoms with E-state index < -0.39 is 93.1 Å². The van der Waals surface area contributed by atoms with Gasteiger partial charge in [0.2, 0.25) is 6.29 Å². The third kappa shape index (κ3) is 13.2. The van der Waals surface area contributed by atoms with E-state index >= 15 is 4.39 Å². The Morgan fingerprint density at radius 1 is 1.09 bits per heavy atom. The van der Waals surface area contributed by atoms with Gasteiger partial charge in [-0.2, -0.15) is 18.8 Å². The number of esters is 2. The highest BCUT2D eigenvalue weighted by Crippen LogP contribution is 2.42. The van der Waals surface area contributed by atoms with E-state index in [2.05, 4.69) is 14.8 Å². The maximum Gasteiger partial charge on any atom is 0.512 e. The minimum Gasteiger partial charge on any atom is -0.464 e. The first-order valence-corrected chi connectivity index (χ1v) is 19.0. The quantitative estimate of drug-likeness (QED) is 0.0654. The monoisotopic (exact) mass is 824 g/mol. The first kappa shape index (κ1) is 43.5. The largest absolute Gasteiger partial charge is 0.512 e. The number of carbonyl (C=O) groups excluding carboxylic acids is 3. The molecule has 3 atom stereocenters. The van der Waals surface area contributed by atoms with Gasteiger partial charge in [0.25, 0.3) is 10.1 Å². The van der Waals surface area contributed by atoms with Crippen LogP contribution in [0.4, 0.5) is 18.0 Å².